The highest BCUT2D eigenvalue weighted by Gasteiger charge is 2.19. The number of rotatable bonds is 5. The third-order valence-corrected chi connectivity index (χ3v) is 2.85. The van der Waals surface area contributed by atoms with Gasteiger partial charge in [0.15, 0.2) is 0 Å². The van der Waals surface area contributed by atoms with Crippen LogP contribution in [0.25, 0.3) is 0 Å². The van der Waals surface area contributed by atoms with E-state index < -0.39 is 0 Å². The van der Waals surface area contributed by atoms with Crippen LogP contribution >= 0.6 is 12.2 Å². The number of carbonyl (C=O) groups excluding carboxylic acids is 1. The molecule has 18 heavy (non-hydrogen) atoms. The standard InChI is InChI=1S/C13H18N2O2S/c1-8(2)11(12(14)18)15-13(16)9-5-4-6-10(7-9)17-3/h4-8,11H,1-3H3,(H2,14,18)(H,15,16). The van der Waals surface area contributed by atoms with Gasteiger partial charge in [-0.2, -0.15) is 0 Å². The molecule has 0 bridgehead atoms. The second kappa shape index (κ2) is 6.35. The largest absolute Gasteiger partial charge is 0.497 e. The summed E-state index contributed by atoms with van der Waals surface area (Å²) in [7, 11) is 1.56. The average Bonchev–Trinajstić information content (AvgIpc) is 2.34. The van der Waals surface area contributed by atoms with E-state index in [1.165, 1.54) is 0 Å². The van der Waals surface area contributed by atoms with Crippen molar-refractivity contribution in [2.45, 2.75) is 19.9 Å². The number of hydrogen-bond donors (Lipinski definition) is 2. The van der Waals surface area contributed by atoms with Crippen molar-refractivity contribution in [3.63, 3.8) is 0 Å². The second-order valence-corrected chi connectivity index (χ2v) is 4.80. The summed E-state index contributed by atoms with van der Waals surface area (Å²) in [6, 6.07) is 6.63. The van der Waals surface area contributed by atoms with Crippen LogP contribution in [-0.2, 0) is 0 Å². The molecular weight excluding hydrogens is 248 g/mol. The molecule has 1 amide bonds. The monoisotopic (exact) mass is 266 g/mol. The molecule has 1 atom stereocenters. The Morgan fingerprint density at radius 1 is 1.44 bits per heavy atom. The summed E-state index contributed by atoms with van der Waals surface area (Å²) >= 11 is 4.95. The summed E-state index contributed by atoms with van der Waals surface area (Å²) in [5.41, 5.74) is 6.14. The summed E-state index contributed by atoms with van der Waals surface area (Å²) in [5, 5.41) is 2.82. The van der Waals surface area contributed by atoms with Gasteiger partial charge in [-0.05, 0) is 24.1 Å². The van der Waals surface area contributed by atoms with E-state index in [0.29, 0.717) is 16.3 Å². The first-order valence-corrected chi connectivity index (χ1v) is 6.10. The molecule has 0 aromatic heterocycles. The zero-order chi connectivity index (χ0) is 13.7. The molecule has 1 rings (SSSR count). The van der Waals surface area contributed by atoms with Crippen LogP contribution in [0.3, 0.4) is 0 Å². The van der Waals surface area contributed by atoms with Crippen molar-refractivity contribution < 1.29 is 9.53 Å². The predicted octanol–water partition coefficient (Wildman–Crippen LogP) is 1.74. The molecule has 1 unspecified atom stereocenters. The van der Waals surface area contributed by atoms with Gasteiger partial charge in [-0.15, -0.1) is 0 Å². The summed E-state index contributed by atoms with van der Waals surface area (Å²) in [6.45, 7) is 3.91. The van der Waals surface area contributed by atoms with Crippen molar-refractivity contribution in [1.82, 2.24) is 5.32 Å². The molecule has 0 heterocycles. The minimum Gasteiger partial charge on any atom is -0.497 e. The molecule has 0 aliphatic heterocycles. The SMILES string of the molecule is COc1cccc(C(=O)NC(C(N)=S)C(C)C)c1. The fourth-order valence-corrected chi connectivity index (χ4v) is 1.89. The Morgan fingerprint density at radius 2 is 2.11 bits per heavy atom. The molecule has 98 valence electrons. The lowest BCUT2D eigenvalue weighted by atomic mass is 10.0. The maximum atomic E-state index is 12.1. The van der Waals surface area contributed by atoms with E-state index >= 15 is 0 Å². The Bertz CT molecular complexity index is 446. The third-order valence-electron chi connectivity index (χ3n) is 2.59. The molecule has 0 aliphatic carbocycles. The van der Waals surface area contributed by atoms with Gasteiger partial charge in [0, 0.05) is 5.56 Å². The molecule has 0 radical (unpaired) electrons. The number of nitrogens with one attached hydrogen (secondary N) is 1. The van der Waals surface area contributed by atoms with E-state index in [2.05, 4.69) is 5.32 Å². The highest BCUT2D eigenvalue weighted by atomic mass is 32.1. The highest BCUT2D eigenvalue weighted by Crippen LogP contribution is 2.13. The number of benzene rings is 1. The fraction of sp³-hybridized carbons (Fsp3) is 0.385. The van der Waals surface area contributed by atoms with Gasteiger partial charge >= 0.3 is 0 Å². The van der Waals surface area contributed by atoms with E-state index in [1.54, 1.807) is 31.4 Å². The number of nitrogens with two attached hydrogens (primary N) is 1. The van der Waals surface area contributed by atoms with Crippen LogP contribution in [-0.4, -0.2) is 24.0 Å². The van der Waals surface area contributed by atoms with Gasteiger partial charge in [-0.3, -0.25) is 4.79 Å². The lowest BCUT2D eigenvalue weighted by Crippen LogP contribution is -2.46. The highest BCUT2D eigenvalue weighted by molar-refractivity contribution is 7.80. The average molecular weight is 266 g/mol. The van der Waals surface area contributed by atoms with E-state index in [4.69, 9.17) is 22.7 Å². The molecule has 1 aromatic rings. The van der Waals surface area contributed by atoms with Crippen LogP contribution in [0.2, 0.25) is 0 Å². The van der Waals surface area contributed by atoms with Crippen molar-refractivity contribution in [2.75, 3.05) is 7.11 Å². The zero-order valence-electron chi connectivity index (χ0n) is 10.8. The van der Waals surface area contributed by atoms with Crippen LogP contribution in [0.5, 0.6) is 5.75 Å². The summed E-state index contributed by atoms with van der Waals surface area (Å²) in [6.07, 6.45) is 0. The first kappa shape index (κ1) is 14.4. The Hall–Kier alpha value is -1.62. The number of carbonyl (C=O) groups is 1. The Labute approximate surface area is 113 Å². The smallest absolute Gasteiger partial charge is 0.251 e. The number of ether oxygens (including phenoxy) is 1. The van der Waals surface area contributed by atoms with Crippen LogP contribution < -0.4 is 15.8 Å². The first-order chi connectivity index (χ1) is 8.45. The maximum Gasteiger partial charge on any atom is 0.251 e. The third kappa shape index (κ3) is 3.70. The molecule has 5 heteroatoms. The normalized spacial score (nSPS) is 12.0. The predicted molar refractivity (Wildman–Crippen MR) is 75.9 cm³/mol. The quantitative estimate of drug-likeness (QED) is 0.797. The zero-order valence-corrected chi connectivity index (χ0v) is 11.6. The summed E-state index contributed by atoms with van der Waals surface area (Å²) in [5.74, 6) is 0.580. The topological polar surface area (TPSA) is 64.3 Å². The summed E-state index contributed by atoms with van der Waals surface area (Å²) in [4.78, 5) is 12.3. The van der Waals surface area contributed by atoms with Crippen molar-refractivity contribution in [1.29, 1.82) is 0 Å². The second-order valence-electron chi connectivity index (χ2n) is 4.33. The van der Waals surface area contributed by atoms with Gasteiger partial charge in [0.2, 0.25) is 0 Å². The van der Waals surface area contributed by atoms with Crippen molar-refractivity contribution in [3.05, 3.63) is 29.8 Å². The van der Waals surface area contributed by atoms with Gasteiger partial charge in [-0.1, -0.05) is 32.1 Å². The van der Waals surface area contributed by atoms with Gasteiger partial charge < -0.3 is 15.8 Å². The molecule has 3 N–H and O–H groups in total. The molecule has 0 saturated carbocycles. The van der Waals surface area contributed by atoms with E-state index in [0.717, 1.165) is 0 Å². The van der Waals surface area contributed by atoms with Crippen molar-refractivity contribution >= 4 is 23.1 Å². The minimum absolute atomic E-state index is 0.150. The number of hydrogen-bond acceptors (Lipinski definition) is 3. The Balaban J connectivity index is 2.83. The molecule has 0 aliphatic rings. The van der Waals surface area contributed by atoms with E-state index in [1.807, 2.05) is 13.8 Å². The van der Waals surface area contributed by atoms with Crippen LogP contribution in [0.15, 0.2) is 24.3 Å². The molecule has 0 saturated heterocycles. The van der Waals surface area contributed by atoms with Gasteiger partial charge in [-0.25, -0.2) is 0 Å². The molecule has 0 fully saturated rings. The number of thiocarbonyl (C=S) groups is 1. The van der Waals surface area contributed by atoms with E-state index in [9.17, 15) is 4.79 Å². The van der Waals surface area contributed by atoms with Crippen molar-refractivity contribution in [3.8, 4) is 5.75 Å². The van der Waals surface area contributed by atoms with Crippen molar-refractivity contribution in [2.24, 2.45) is 11.7 Å². The lowest BCUT2D eigenvalue weighted by molar-refractivity contribution is 0.0939. The van der Waals surface area contributed by atoms with E-state index in [-0.39, 0.29) is 17.9 Å². The molecule has 0 spiro atoms. The van der Waals surface area contributed by atoms with Crippen LogP contribution in [0.1, 0.15) is 24.2 Å². The number of amides is 1. The Kier molecular flexibility index (Phi) is 5.09. The van der Waals surface area contributed by atoms with Gasteiger partial charge in [0.05, 0.1) is 18.1 Å². The fourth-order valence-electron chi connectivity index (χ4n) is 1.56. The molecule has 1 aromatic carbocycles. The lowest BCUT2D eigenvalue weighted by Gasteiger charge is -2.21. The maximum absolute atomic E-state index is 12.1. The molecule has 4 nitrogen and oxygen atoms in total. The van der Waals surface area contributed by atoms with Gasteiger partial charge in [0.25, 0.3) is 5.91 Å². The Morgan fingerprint density at radius 3 is 2.61 bits per heavy atom. The number of methoxy groups -OCH3 is 1. The molecular formula is C13H18N2O2S. The summed E-state index contributed by atoms with van der Waals surface area (Å²) < 4.78 is 5.07. The van der Waals surface area contributed by atoms with Crippen LogP contribution in [0.4, 0.5) is 0 Å². The minimum atomic E-state index is -0.307. The van der Waals surface area contributed by atoms with Gasteiger partial charge in [0.1, 0.15) is 5.75 Å². The van der Waals surface area contributed by atoms with Crippen LogP contribution in [0, 0.1) is 5.92 Å². The first-order valence-electron chi connectivity index (χ1n) is 5.70.